The zero-order chi connectivity index (χ0) is 17.2. The second-order valence-electron chi connectivity index (χ2n) is 5.63. The molecule has 25 heavy (non-hydrogen) atoms. The van der Waals surface area contributed by atoms with Gasteiger partial charge in [0.15, 0.2) is 11.2 Å². The molecular formula is C19H17N4O2+. The molecule has 4 heterocycles. The maximum absolute atomic E-state index is 5.67. The van der Waals surface area contributed by atoms with Crippen LogP contribution in [0.3, 0.4) is 0 Å². The fourth-order valence-corrected chi connectivity index (χ4v) is 2.55. The molecule has 0 saturated heterocycles. The van der Waals surface area contributed by atoms with E-state index >= 15 is 0 Å². The number of fused-ring (bicyclic) bond motifs is 2. The molecule has 0 saturated carbocycles. The summed E-state index contributed by atoms with van der Waals surface area (Å²) in [5, 5.41) is 0. The van der Waals surface area contributed by atoms with Crippen LogP contribution in [0.2, 0.25) is 0 Å². The van der Waals surface area contributed by atoms with Crippen LogP contribution in [0.15, 0.2) is 57.7 Å². The van der Waals surface area contributed by atoms with Gasteiger partial charge in [-0.2, -0.15) is 4.98 Å². The average molecular weight is 333 g/mol. The van der Waals surface area contributed by atoms with Gasteiger partial charge in [-0.1, -0.05) is 18.2 Å². The molecule has 3 aromatic rings. The molecular weight excluding hydrogens is 316 g/mol. The lowest BCUT2D eigenvalue weighted by Crippen LogP contribution is -2.27. The van der Waals surface area contributed by atoms with Crippen LogP contribution in [-0.4, -0.2) is 17.0 Å². The molecule has 124 valence electrons. The highest BCUT2D eigenvalue weighted by Crippen LogP contribution is 2.12. The number of allylic oxidation sites excluding steroid dienone is 4. The van der Waals surface area contributed by atoms with Crippen molar-refractivity contribution in [2.75, 3.05) is 11.9 Å². The summed E-state index contributed by atoms with van der Waals surface area (Å²) in [5.41, 5.74) is 2.91. The van der Waals surface area contributed by atoms with Crippen LogP contribution in [0.4, 0.5) is 5.82 Å². The highest BCUT2D eigenvalue weighted by Gasteiger charge is 2.13. The van der Waals surface area contributed by atoms with E-state index in [1.54, 1.807) is 0 Å². The van der Waals surface area contributed by atoms with Gasteiger partial charge in [-0.15, -0.1) is 0 Å². The van der Waals surface area contributed by atoms with E-state index < -0.39 is 0 Å². The first-order valence-electron chi connectivity index (χ1n) is 7.89. The summed E-state index contributed by atoms with van der Waals surface area (Å²) < 4.78 is 13.3. The largest absolute Gasteiger partial charge is 0.435 e. The lowest BCUT2D eigenvalue weighted by atomic mass is 10.4. The maximum Gasteiger partial charge on any atom is 0.370 e. The fraction of sp³-hybridized carbons (Fsp3) is 0.105. The van der Waals surface area contributed by atoms with E-state index in [0.717, 1.165) is 22.5 Å². The van der Waals surface area contributed by atoms with Gasteiger partial charge in [0.2, 0.25) is 11.1 Å². The van der Waals surface area contributed by atoms with Crippen molar-refractivity contribution >= 4 is 35.3 Å². The number of anilines is 1. The molecule has 0 fully saturated rings. The minimum absolute atomic E-state index is 0.565. The van der Waals surface area contributed by atoms with Crippen LogP contribution in [0.1, 0.15) is 5.89 Å². The van der Waals surface area contributed by atoms with Gasteiger partial charge in [0.05, 0.1) is 13.2 Å². The van der Waals surface area contributed by atoms with E-state index in [4.69, 9.17) is 8.83 Å². The summed E-state index contributed by atoms with van der Waals surface area (Å²) >= 11 is 0. The second-order valence-corrected chi connectivity index (χ2v) is 5.63. The van der Waals surface area contributed by atoms with E-state index in [9.17, 15) is 0 Å². The van der Waals surface area contributed by atoms with E-state index in [-0.39, 0.29) is 0 Å². The molecule has 3 aromatic heterocycles. The molecule has 1 aliphatic heterocycles. The van der Waals surface area contributed by atoms with E-state index in [1.165, 1.54) is 0 Å². The molecule has 6 nitrogen and oxygen atoms in total. The maximum atomic E-state index is 5.67. The highest BCUT2D eigenvalue weighted by atomic mass is 16.3. The Morgan fingerprint density at radius 2 is 2.08 bits per heavy atom. The lowest BCUT2D eigenvalue weighted by molar-refractivity contribution is -0.646. The molecule has 1 aliphatic rings. The van der Waals surface area contributed by atoms with Crippen molar-refractivity contribution in [3.05, 3.63) is 65.7 Å². The summed E-state index contributed by atoms with van der Waals surface area (Å²) in [6.45, 7) is 0. The lowest BCUT2D eigenvalue weighted by Gasteiger charge is -2.10. The molecule has 0 radical (unpaired) electrons. The molecule has 0 amide bonds. The monoisotopic (exact) mass is 333 g/mol. The minimum Gasteiger partial charge on any atom is -0.435 e. The van der Waals surface area contributed by atoms with Gasteiger partial charge in [-0.05, 0) is 24.3 Å². The third-order valence-corrected chi connectivity index (χ3v) is 3.78. The van der Waals surface area contributed by atoms with E-state index in [0.29, 0.717) is 11.4 Å². The van der Waals surface area contributed by atoms with Gasteiger partial charge in [0.1, 0.15) is 0 Å². The molecule has 0 unspecified atom stereocenters. The number of aromatic nitrogens is 3. The molecule has 0 spiro atoms. The summed E-state index contributed by atoms with van der Waals surface area (Å²) in [4.78, 5) is 10.8. The van der Waals surface area contributed by atoms with Gasteiger partial charge in [0.25, 0.3) is 0 Å². The predicted octanol–water partition coefficient (Wildman–Crippen LogP) is 1.43. The topological polar surface area (TPSA) is 59.2 Å². The second kappa shape index (κ2) is 6.24. The highest BCUT2D eigenvalue weighted by molar-refractivity contribution is 5.66. The van der Waals surface area contributed by atoms with Gasteiger partial charge in [0, 0.05) is 30.4 Å². The van der Waals surface area contributed by atoms with Crippen molar-refractivity contribution in [1.29, 1.82) is 0 Å². The first-order valence-corrected chi connectivity index (χ1v) is 7.89. The average Bonchev–Trinajstić information content (AvgIpc) is 3.20. The number of hydrogen-bond acceptors (Lipinski definition) is 5. The Morgan fingerprint density at radius 3 is 2.92 bits per heavy atom. The zero-order valence-corrected chi connectivity index (χ0v) is 14.0. The van der Waals surface area contributed by atoms with Crippen molar-refractivity contribution in [1.82, 2.24) is 9.97 Å². The number of rotatable bonds is 3. The van der Waals surface area contributed by atoms with Crippen molar-refractivity contribution in [3.8, 4) is 0 Å². The number of nitrogens with zero attached hydrogens (tertiary/aromatic N) is 4. The molecule has 4 rings (SSSR count). The molecule has 0 atom stereocenters. The third-order valence-electron chi connectivity index (χ3n) is 3.78. The summed E-state index contributed by atoms with van der Waals surface area (Å²) in [6, 6.07) is 3.83. The van der Waals surface area contributed by atoms with Crippen molar-refractivity contribution in [3.63, 3.8) is 0 Å². The summed E-state index contributed by atoms with van der Waals surface area (Å²) in [5.74, 6) is 1.38. The van der Waals surface area contributed by atoms with Crippen LogP contribution >= 0.6 is 0 Å². The molecule has 0 aliphatic carbocycles. The van der Waals surface area contributed by atoms with Crippen LogP contribution in [0.25, 0.3) is 29.5 Å². The summed E-state index contributed by atoms with van der Waals surface area (Å²) in [7, 11) is 3.88. The minimum atomic E-state index is 0.565. The van der Waals surface area contributed by atoms with Crippen molar-refractivity contribution in [2.45, 2.75) is 0 Å². The number of aryl methyl sites for hydroxylation is 1. The Hall–Kier alpha value is -3.41. The molecule has 0 N–H and O–H groups in total. The smallest absolute Gasteiger partial charge is 0.370 e. The van der Waals surface area contributed by atoms with Crippen LogP contribution in [-0.2, 0) is 7.05 Å². The van der Waals surface area contributed by atoms with E-state index in [2.05, 4.69) is 9.97 Å². The van der Waals surface area contributed by atoms with Gasteiger partial charge < -0.3 is 13.7 Å². The fourth-order valence-electron chi connectivity index (χ4n) is 2.55. The number of hydrogen-bond donors (Lipinski definition) is 0. The summed E-state index contributed by atoms with van der Waals surface area (Å²) in [6.07, 6.45) is 16.9. The van der Waals surface area contributed by atoms with Crippen LogP contribution in [0, 0.1) is 0 Å². The Bertz CT molecular complexity index is 1130. The van der Waals surface area contributed by atoms with E-state index in [1.807, 2.05) is 90.6 Å². The van der Waals surface area contributed by atoms with Gasteiger partial charge >= 0.3 is 11.5 Å². The SMILES string of the molecule is CN1C=CC=c2o/c(=C/C=C/C=C/c3nc4c(ccc[n+]4C)o3)nc21. The Balaban J connectivity index is 1.51. The Kier molecular flexibility index (Phi) is 3.78. The zero-order valence-electron chi connectivity index (χ0n) is 14.0. The molecule has 0 bridgehead atoms. The Morgan fingerprint density at radius 1 is 1.16 bits per heavy atom. The van der Waals surface area contributed by atoms with Crippen LogP contribution in [0.5, 0.6) is 0 Å². The number of pyridine rings is 1. The van der Waals surface area contributed by atoms with Gasteiger partial charge in [-0.25, -0.2) is 4.57 Å². The Labute approximate surface area is 144 Å². The quantitative estimate of drug-likeness (QED) is 0.536. The number of oxazole rings is 2. The predicted molar refractivity (Wildman–Crippen MR) is 95.6 cm³/mol. The van der Waals surface area contributed by atoms with Gasteiger partial charge in [-0.3, -0.25) is 0 Å². The molecule has 0 aromatic carbocycles. The standard InChI is InChI=1S/C19H17N4O2/c1-22-12-6-8-14-18(22)20-16(24-14)10-4-3-5-11-17-21-19-15(25-17)9-7-13-23(19)2/h3-13H,1-2H3/q+1. The first-order chi connectivity index (χ1) is 12.2. The van der Waals surface area contributed by atoms with Crippen LogP contribution < -0.4 is 20.4 Å². The normalized spacial score (nSPS) is 14.8. The molecule has 6 heteroatoms. The third kappa shape index (κ3) is 3.01. The van der Waals surface area contributed by atoms with Crippen molar-refractivity contribution in [2.24, 2.45) is 7.05 Å². The first kappa shape index (κ1) is 15.1. The van der Waals surface area contributed by atoms with Crippen molar-refractivity contribution < 1.29 is 13.4 Å².